The SMILES string of the molecule is CC1CCOC1C(=O)N[C@H](C(=O)O)c1ccccc1. The number of carboxylic acids is 1. The monoisotopic (exact) mass is 263 g/mol. The van der Waals surface area contributed by atoms with E-state index < -0.39 is 18.1 Å². The summed E-state index contributed by atoms with van der Waals surface area (Å²) in [7, 11) is 0. The van der Waals surface area contributed by atoms with E-state index in [1.54, 1.807) is 30.3 Å². The molecule has 1 saturated heterocycles. The Hall–Kier alpha value is -1.88. The van der Waals surface area contributed by atoms with Gasteiger partial charge in [-0.1, -0.05) is 37.3 Å². The number of hydrogen-bond donors (Lipinski definition) is 2. The fourth-order valence-electron chi connectivity index (χ4n) is 2.19. The van der Waals surface area contributed by atoms with Gasteiger partial charge in [0, 0.05) is 6.61 Å². The maximum Gasteiger partial charge on any atom is 0.330 e. The molecule has 3 atom stereocenters. The maximum atomic E-state index is 12.0. The minimum Gasteiger partial charge on any atom is -0.479 e. The number of hydrogen-bond acceptors (Lipinski definition) is 3. The lowest BCUT2D eigenvalue weighted by Crippen LogP contribution is -2.41. The largest absolute Gasteiger partial charge is 0.479 e. The van der Waals surface area contributed by atoms with Gasteiger partial charge in [-0.05, 0) is 17.9 Å². The highest BCUT2D eigenvalue weighted by atomic mass is 16.5. The number of ether oxygens (including phenoxy) is 1. The molecule has 0 aromatic heterocycles. The number of carbonyl (C=O) groups excluding carboxylic acids is 1. The Morgan fingerprint density at radius 2 is 2.05 bits per heavy atom. The molecule has 0 bridgehead atoms. The van der Waals surface area contributed by atoms with Gasteiger partial charge in [0.2, 0.25) is 5.91 Å². The fraction of sp³-hybridized carbons (Fsp3) is 0.429. The van der Waals surface area contributed by atoms with Crippen LogP contribution in [0.25, 0.3) is 0 Å². The maximum absolute atomic E-state index is 12.0. The summed E-state index contributed by atoms with van der Waals surface area (Å²) in [6.45, 7) is 2.47. The van der Waals surface area contributed by atoms with Crippen LogP contribution >= 0.6 is 0 Å². The first kappa shape index (κ1) is 13.5. The van der Waals surface area contributed by atoms with Crippen LogP contribution in [-0.2, 0) is 14.3 Å². The van der Waals surface area contributed by atoms with Crippen molar-refractivity contribution in [3.05, 3.63) is 35.9 Å². The van der Waals surface area contributed by atoms with E-state index in [4.69, 9.17) is 4.74 Å². The van der Waals surface area contributed by atoms with E-state index in [1.807, 2.05) is 6.92 Å². The number of benzene rings is 1. The molecule has 1 heterocycles. The van der Waals surface area contributed by atoms with Crippen molar-refractivity contribution in [2.24, 2.45) is 5.92 Å². The predicted octanol–water partition coefficient (Wildman–Crippen LogP) is 1.35. The average Bonchev–Trinajstić information content (AvgIpc) is 2.82. The molecule has 1 amide bonds. The molecule has 0 aliphatic carbocycles. The summed E-state index contributed by atoms with van der Waals surface area (Å²) in [6.07, 6.45) is 0.270. The highest BCUT2D eigenvalue weighted by Crippen LogP contribution is 2.21. The molecule has 5 heteroatoms. The number of carboxylic acid groups (broad SMARTS) is 1. The van der Waals surface area contributed by atoms with Crippen LogP contribution in [0.15, 0.2) is 30.3 Å². The molecule has 0 radical (unpaired) electrons. The highest BCUT2D eigenvalue weighted by molar-refractivity contribution is 5.87. The summed E-state index contributed by atoms with van der Waals surface area (Å²) in [5, 5.41) is 11.8. The van der Waals surface area contributed by atoms with Gasteiger partial charge in [-0.15, -0.1) is 0 Å². The van der Waals surface area contributed by atoms with Gasteiger partial charge >= 0.3 is 5.97 Å². The Bertz CT molecular complexity index is 460. The molecule has 1 aliphatic heterocycles. The molecule has 0 saturated carbocycles. The van der Waals surface area contributed by atoms with Gasteiger partial charge in [-0.25, -0.2) is 4.79 Å². The van der Waals surface area contributed by atoms with Crippen LogP contribution in [-0.4, -0.2) is 29.7 Å². The molecule has 1 aromatic carbocycles. The molecule has 1 aliphatic rings. The van der Waals surface area contributed by atoms with Crippen molar-refractivity contribution in [1.82, 2.24) is 5.32 Å². The van der Waals surface area contributed by atoms with Gasteiger partial charge in [-0.2, -0.15) is 0 Å². The minimum atomic E-state index is -1.08. The normalized spacial score (nSPS) is 23.8. The Morgan fingerprint density at radius 3 is 2.58 bits per heavy atom. The summed E-state index contributed by atoms with van der Waals surface area (Å²) in [6, 6.07) is 7.60. The number of nitrogens with one attached hydrogen (secondary N) is 1. The first-order valence-electron chi connectivity index (χ1n) is 6.29. The molecule has 102 valence electrons. The average molecular weight is 263 g/mol. The molecule has 0 spiro atoms. The van der Waals surface area contributed by atoms with Crippen LogP contribution in [0.5, 0.6) is 0 Å². The third kappa shape index (κ3) is 3.12. The molecule has 1 aromatic rings. The number of rotatable bonds is 4. The van der Waals surface area contributed by atoms with Crippen molar-refractivity contribution in [1.29, 1.82) is 0 Å². The first-order valence-corrected chi connectivity index (χ1v) is 6.29. The Balaban J connectivity index is 2.09. The van der Waals surface area contributed by atoms with Crippen molar-refractivity contribution in [2.75, 3.05) is 6.61 Å². The molecule has 19 heavy (non-hydrogen) atoms. The molecule has 2 unspecified atom stereocenters. The van der Waals surface area contributed by atoms with Crippen molar-refractivity contribution >= 4 is 11.9 Å². The van der Waals surface area contributed by atoms with E-state index in [0.717, 1.165) is 6.42 Å². The number of carbonyl (C=O) groups is 2. The van der Waals surface area contributed by atoms with E-state index in [0.29, 0.717) is 12.2 Å². The van der Waals surface area contributed by atoms with Crippen LogP contribution in [0, 0.1) is 5.92 Å². The van der Waals surface area contributed by atoms with E-state index in [-0.39, 0.29) is 11.8 Å². The van der Waals surface area contributed by atoms with Gasteiger partial charge in [0.25, 0.3) is 0 Å². The Kier molecular flexibility index (Phi) is 4.16. The summed E-state index contributed by atoms with van der Waals surface area (Å²) < 4.78 is 5.34. The van der Waals surface area contributed by atoms with Gasteiger partial charge in [-0.3, -0.25) is 4.79 Å². The zero-order valence-corrected chi connectivity index (χ0v) is 10.7. The van der Waals surface area contributed by atoms with Crippen molar-refractivity contribution in [2.45, 2.75) is 25.5 Å². The van der Waals surface area contributed by atoms with Gasteiger partial charge < -0.3 is 15.2 Å². The van der Waals surface area contributed by atoms with Crippen LogP contribution in [0.2, 0.25) is 0 Å². The van der Waals surface area contributed by atoms with Crippen molar-refractivity contribution < 1.29 is 19.4 Å². The third-order valence-corrected chi connectivity index (χ3v) is 3.31. The quantitative estimate of drug-likeness (QED) is 0.860. The lowest BCUT2D eigenvalue weighted by Gasteiger charge is -2.19. The van der Waals surface area contributed by atoms with E-state index in [9.17, 15) is 14.7 Å². The second-order valence-electron chi connectivity index (χ2n) is 4.75. The second kappa shape index (κ2) is 5.84. The van der Waals surface area contributed by atoms with Crippen molar-refractivity contribution in [3.8, 4) is 0 Å². The van der Waals surface area contributed by atoms with Crippen LogP contribution < -0.4 is 5.32 Å². The first-order chi connectivity index (χ1) is 9.09. The van der Waals surface area contributed by atoms with E-state index in [2.05, 4.69) is 5.32 Å². The molecule has 2 rings (SSSR count). The Labute approximate surface area is 111 Å². The number of aliphatic carboxylic acids is 1. The lowest BCUT2D eigenvalue weighted by molar-refractivity contribution is -0.144. The van der Waals surface area contributed by atoms with Crippen LogP contribution in [0.4, 0.5) is 0 Å². The smallest absolute Gasteiger partial charge is 0.330 e. The summed E-state index contributed by atoms with van der Waals surface area (Å²) in [5.41, 5.74) is 0.550. The van der Waals surface area contributed by atoms with Crippen LogP contribution in [0.1, 0.15) is 24.9 Å². The van der Waals surface area contributed by atoms with Gasteiger partial charge in [0.05, 0.1) is 0 Å². The highest BCUT2D eigenvalue weighted by Gasteiger charge is 2.33. The molecular weight excluding hydrogens is 246 g/mol. The zero-order chi connectivity index (χ0) is 13.8. The summed E-state index contributed by atoms with van der Waals surface area (Å²) in [4.78, 5) is 23.3. The van der Waals surface area contributed by atoms with E-state index >= 15 is 0 Å². The predicted molar refractivity (Wildman–Crippen MR) is 68.5 cm³/mol. The second-order valence-corrected chi connectivity index (χ2v) is 4.75. The minimum absolute atomic E-state index is 0.116. The van der Waals surface area contributed by atoms with Crippen LogP contribution in [0.3, 0.4) is 0 Å². The third-order valence-electron chi connectivity index (χ3n) is 3.31. The number of amides is 1. The van der Waals surface area contributed by atoms with Crippen molar-refractivity contribution in [3.63, 3.8) is 0 Å². The molecule has 1 fully saturated rings. The lowest BCUT2D eigenvalue weighted by atomic mass is 10.0. The zero-order valence-electron chi connectivity index (χ0n) is 10.7. The Morgan fingerprint density at radius 1 is 1.37 bits per heavy atom. The molecule has 2 N–H and O–H groups in total. The van der Waals surface area contributed by atoms with Gasteiger partial charge in [0.15, 0.2) is 6.04 Å². The topological polar surface area (TPSA) is 75.6 Å². The molecule has 5 nitrogen and oxygen atoms in total. The fourth-order valence-corrected chi connectivity index (χ4v) is 2.19. The summed E-state index contributed by atoms with van der Waals surface area (Å²) in [5.74, 6) is -1.32. The molecular formula is C14H17NO4. The van der Waals surface area contributed by atoms with E-state index in [1.165, 1.54) is 0 Å². The summed E-state index contributed by atoms with van der Waals surface area (Å²) >= 11 is 0. The standard InChI is InChI=1S/C14H17NO4/c1-9-7-8-19-12(9)13(16)15-11(14(17)18)10-5-3-2-4-6-10/h2-6,9,11-12H,7-8H2,1H3,(H,15,16)(H,17,18)/t9?,11-,12?/m0/s1. The van der Waals surface area contributed by atoms with Gasteiger partial charge in [0.1, 0.15) is 6.10 Å².